The molecule has 0 atom stereocenters. The summed E-state index contributed by atoms with van der Waals surface area (Å²) in [4.78, 5) is 2.50. The molecule has 0 bridgehead atoms. The van der Waals surface area contributed by atoms with Crippen molar-refractivity contribution in [2.45, 2.75) is 11.8 Å². The number of aryl methyl sites for hydroxylation is 1. The Bertz CT molecular complexity index is 849. The molecular weight excluding hydrogens is 412 g/mol. The Balaban J connectivity index is 1.74. The lowest BCUT2D eigenvalue weighted by Crippen LogP contribution is -2.48. The average Bonchev–Trinajstić information content (AvgIpc) is 2.57. The highest BCUT2D eigenvalue weighted by Gasteiger charge is 2.28. The fraction of sp³-hybridized carbons (Fsp3) is 0.294. The van der Waals surface area contributed by atoms with E-state index in [1.165, 1.54) is 0 Å². The van der Waals surface area contributed by atoms with Gasteiger partial charge in [-0.15, -0.1) is 0 Å². The van der Waals surface area contributed by atoms with E-state index in [9.17, 15) is 8.42 Å². The van der Waals surface area contributed by atoms with Gasteiger partial charge in [0.1, 0.15) is 0 Å². The van der Waals surface area contributed by atoms with Crippen LogP contribution in [0.5, 0.6) is 0 Å². The van der Waals surface area contributed by atoms with E-state index in [1.807, 2.05) is 31.2 Å². The molecular formula is C17H18BrClN2O2S. The Hall–Kier alpha value is -1.08. The Morgan fingerprint density at radius 1 is 1.04 bits per heavy atom. The molecule has 0 radical (unpaired) electrons. The van der Waals surface area contributed by atoms with Gasteiger partial charge in [-0.05, 0) is 48.9 Å². The zero-order chi connectivity index (χ0) is 17.3. The maximum absolute atomic E-state index is 12.8. The smallest absolute Gasteiger partial charge is 0.243 e. The van der Waals surface area contributed by atoms with Gasteiger partial charge in [0, 0.05) is 41.4 Å². The van der Waals surface area contributed by atoms with Crippen LogP contribution in [-0.2, 0) is 10.0 Å². The molecule has 0 amide bonds. The fourth-order valence-corrected chi connectivity index (χ4v) is 4.73. The van der Waals surface area contributed by atoms with Gasteiger partial charge in [-0.25, -0.2) is 8.42 Å². The van der Waals surface area contributed by atoms with E-state index in [-0.39, 0.29) is 0 Å². The first-order valence-corrected chi connectivity index (χ1v) is 10.3. The second-order valence-corrected chi connectivity index (χ2v) is 9.01. The van der Waals surface area contributed by atoms with Crippen molar-refractivity contribution < 1.29 is 8.42 Å². The van der Waals surface area contributed by atoms with Crippen molar-refractivity contribution in [3.63, 3.8) is 0 Å². The van der Waals surface area contributed by atoms with Gasteiger partial charge >= 0.3 is 0 Å². The van der Waals surface area contributed by atoms with Crippen molar-refractivity contribution in [1.29, 1.82) is 0 Å². The highest BCUT2D eigenvalue weighted by atomic mass is 79.9. The van der Waals surface area contributed by atoms with Crippen LogP contribution in [0, 0.1) is 6.92 Å². The normalized spacial score (nSPS) is 16.4. The van der Waals surface area contributed by atoms with Crippen molar-refractivity contribution in [2.75, 3.05) is 31.1 Å². The summed E-state index contributed by atoms with van der Waals surface area (Å²) in [7, 11) is -3.46. The number of hydrogen-bond acceptors (Lipinski definition) is 3. The molecule has 0 saturated carbocycles. The fourth-order valence-electron chi connectivity index (χ4n) is 2.79. The van der Waals surface area contributed by atoms with Crippen molar-refractivity contribution in [3.8, 4) is 0 Å². The quantitative estimate of drug-likeness (QED) is 0.742. The number of benzene rings is 2. The van der Waals surface area contributed by atoms with E-state index in [4.69, 9.17) is 11.6 Å². The Morgan fingerprint density at radius 2 is 1.75 bits per heavy atom. The van der Waals surface area contributed by atoms with Crippen molar-refractivity contribution in [3.05, 3.63) is 57.5 Å². The lowest BCUT2D eigenvalue weighted by Gasteiger charge is -2.35. The number of halogens is 2. The first-order valence-electron chi connectivity index (χ1n) is 7.65. The molecule has 1 aliphatic heterocycles. The molecule has 3 rings (SSSR count). The minimum atomic E-state index is -3.46. The topological polar surface area (TPSA) is 40.6 Å². The third-order valence-electron chi connectivity index (χ3n) is 4.18. The molecule has 7 heteroatoms. The molecule has 24 heavy (non-hydrogen) atoms. The van der Waals surface area contributed by atoms with Crippen molar-refractivity contribution in [2.24, 2.45) is 0 Å². The van der Waals surface area contributed by atoms with Crippen LogP contribution >= 0.6 is 27.5 Å². The van der Waals surface area contributed by atoms with E-state index < -0.39 is 10.0 Å². The number of hydrogen-bond donors (Lipinski definition) is 0. The average molecular weight is 430 g/mol. The summed E-state index contributed by atoms with van der Waals surface area (Å²) in [5, 5.41) is 0.688. The minimum Gasteiger partial charge on any atom is -0.369 e. The molecule has 0 spiro atoms. The molecule has 0 aliphatic carbocycles. The van der Waals surface area contributed by atoms with Crippen LogP contribution in [0.25, 0.3) is 0 Å². The molecule has 1 aliphatic rings. The van der Waals surface area contributed by atoms with Crippen LogP contribution in [0.1, 0.15) is 5.56 Å². The van der Waals surface area contributed by atoms with Crippen LogP contribution in [0.2, 0.25) is 5.02 Å². The van der Waals surface area contributed by atoms with E-state index in [0.29, 0.717) is 36.1 Å². The first-order chi connectivity index (χ1) is 11.4. The highest BCUT2D eigenvalue weighted by molar-refractivity contribution is 9.10. The lowest BCUT2D eigenvalue weighted by atomic mass is 10.2. The molecule has 1 fully saturated rings. The Labute approximate surface area is 156 Å². The summed E-state index contributed by atoms with van der Waals surface area (Å²) in [5.41, 5.74) is 1.94. The number of anilines is 1. The van der Waals surface area contributed by atoms with E-state index in [1.54, 1.807) is 22.5 Å². The summed E-state index contributed by atoms with van der Waals surface area (Å²) >= 11 is 9.44. The van der Waals surface area contributed by atoms with Crippen molar-refractivity contribution in [1.82, 2.24) is 4.31 Å². The molecule has 0 unspecified atom stereocenters. The van der Waals surface area contributed by atoms with Crippen LogP contribution in [0.15, 0.2) is 51.8 Å². The lowest BCUT2D eigenvalue weighted by molar-refractivity contribution is 0.385. The number of piperazine rings is 1. The van der Waals surface area contributed by atoms with Gasteiger partial charge in [0.25, 0.3) is 0 Å². The van der Waals surface area contributed by atoms with Crippen LogP contribution in [0.3, 0.4) is 0 Å². The maximum atomic E-state index is 12.8. The van der Waals surface area contributed by atoms with Crippen LogP contribution in [0.4, 0.5) is 5.69 Å². The Morgan fingerprint density at radius 3 is 2.38 bits per heavy atom. The van der Waals surface area contributed by atoms with Crippen molar-refractivity contribution >= 4 is 43.2 Å². The van der Waals surface area contributed by atoms with Gasteiger partial charge in [0.15, 0.2) is 0 Å². The maximum Gasteiger partial charge on any atom is 0.243 e. The standard InChI is InChI=1S/C17H18BrClN2O2S/c1-13-11-16(5-6-17(13)18)24(22,23)21-9-7-20(8-10-21)15-4-2-3-14(19)12-15/h2-6,11-12H,7-10H2,1H3. The SMILES string of the molecule is Cc1cc(S(=O)(=O)N2CCN(c3cccc(Cl)c3)CC2)ccc1Br. The molecule has 0 aromatic heterocycles. The molecule has 2 aromatic rings. The van der Waals surface area contributed by atoms with E-state index in [0.717, 1.165) is 15.7 Å². The molecule has 1 saturated heterocycles. The van der Waals surface area contributed by atoms with Crippen LogP contribution in [-0.4, -0.2) is 38.9 Å². The summed E-state index contributed by atoms with van der Waals surface area (Å²) in [6.45, 7) is 4.11. The van der Waals surface area contributed by atoms with Crippen LogP contribution < -0.4 is 4.90 Å². The Kier molecular flexibility index (Phi) is 5.20. The molecule has 2 aromatic carbocycles. The largest absolute Gasteiger partial charge is 0.369 e. The summed E-state index contributed by atoms with van der Waals surface area (Å²) in [6, 6.07) is 12.8. The highest BCUT2D eigenvalue weighted by Crippen LogP contribution is 2.25. The van der Waals surface area contributed by atoms with Gasteiger partial charge in [-0.3, -0.25) is 0 Å². The molecule has 128 valence electrons. The molecule has 1 heterocycles. The summed E-state index contributed by atoms with van der Waals surface area (Å²) < 4.78 is 28.1. The monoisotopic (exact) mass is 428 g/mol. The predicted octanol–water partition coefficient (Wildman–Crippen LogP) is 3.92. The predicted molar refractivity (Wildman–Crippen MR) is 101 cm³/mol. The van der Waals surface area contributed by atoms with Gasteiger partial charge in [-0.2, -0.15) is 4.31 Å². The van der Waals surface area contributed by atoms with E-state index >= 15 is 0 Å². The van der Waals surface area contributed by atoms with Gasteiger partial charge in [-0.1, -0.05) is 33.6 Å². The van der Waals surface area contributed by atoms with Gasteiger partial charge in [0.2, 0.25) is 10.0 Å². The number of rotatable bonds is 3. The number of nitrogens with zero attached hydrogens (tertiary/aromatic N) is 2. The van der Waals surface area contributed by atoms with Gasteiger partial charge in [0.05, 0.1) is 4.90 Å². The third kappa shape index (κ3) is 3.61. The summed E-state index contributed by atoms with van der Waals surface area (Å²) in [6.07, 6.45) is 0. The zero-order valence-electron chi connectivity index (χ0n) is 13.2. The van der Waals surface area contributed by atoms with Gasteiger partial charge < -0.3 is 4.90 Å². The second-order valence-electron chi connectivity index (χ2n) is 5.78. The van der Waals surface area contributed by atoms with E-state index in [2.05, 4.69) is 20.8 Å². The third-order valence-corrected chi connectivity index (χ3v) is 7.20. The number of sulfonamides is 1. The minimum absolute atomic E-state index is 0.347. The zero-order valence-corrected chi connectivity index (χ0v) is 16.4. The summed E-state index contributed by atoms with van der Waals surface area (Å²) in [5.74, 6) is 0. The molecule has 4 nitrogen and oxygen atoms in total. The molecule has 0 N–H and O–H groups in total. The second kappa shape index (κ2) is 7.04. The first kappa shape index (κ1) is 17.7.